The first-order valence-electron chi connectivity index (χ1n) is 7.25. The minimum atomic E-state index is -0.524. The van der Waals surface area contributed by atoms with Crippen molar-refractivity contribution in [1.29, 1.82) is 0 Å². The van der Waals surface area contributed by atoms with Crippen molar-refractivity contribution in [1.82, 2.24) is 9.88 Å². The average Bonchev–Trinajstić information content (AvgIpc) is 2.88. The van der Waals surface area contributed by atoms with Crippen molar-refractivity contribution in [2.75, 3.05) is 7.11 Å². The number of carbonyl (C=O) groups excluding carboxylic acids is 1. The molecule has 0 fully saturated rings. The number of methoxy groups -OCH3 is 1. The molecule has 23 heavy (non-hydrogen) atoms. The number of aryl methyl sites for hydroxylation is 1. The van der Waals surface area contributed by atoms with E-state index in [0.717, 1.165) is 22.2 Å². The van der Waals surface area contributed by atoms with Crippen LogP contribution in [0.25, 0.3) is 10.9 Å². The Balaban J connectivity index is 1.84. The lowest BCUT2D eigenvalue weighted by atomic mass is 10.1. The molecule has 0 saturated heterocycles. The molecule has 1 N–H and O–H groups in total. The van der Waals surface area contributed by atoms with Crippen molar-refractivity contribution in [3.63, 3.8) is 0 Å². The number of halogens is 1. The molecule has 0 saturated carbocycles. The molecular formula is C18H17FN2O2. The maximum atomic E-state index is 13.6. The summed E-state index contributed by atoms with van der Waals surface area (Å²) in [4.78, 5) is 12.1. The number of carbonyl (C=O) groups is 1. The molecule has 2 aromatic carbocycles. The van der Waals surface area contributed by atoms with Gasteiger partial charge in [-0.3, -0.25) is 4.79 Å². The number of hydrogen-bond acceptors (Lipinski definition) is 2. The number of amides is 1. The van der Waals surface area contributed by atoms with Crippen molar-refractivity contribution in [2.45, 2.75) is 6.54 Å². The van der Waals surface area contributed by atoms with Crippen LogP contribution in [0.1, 0.15) is 15.9 Å². The second-order valence-electron chi connectivity index (χ2n) is 5.31. The summed E-state index contributed by atoms with van der Waals surface area (Å²) in [5.74, 6) is -0.196. The largest absolute Gasteiger partial charge is 0.497 e. The molecule has 1 aromatic heterocycles. The molecule has 4 nitrogen and oxygen atoms in total. The Morgan fingerprint density at radius 3 is 2.78 bits per heavy atom. The highest BCUT2D eigenvalue weighted by Crippen LogP contribution is 2.25. The van der Waals surface area contributed by atoms with Gasteiger partial charge in [-0.25, -0.2) is 4.39 Å². The molecule has 5 heteroatoms. The molecule has 0 radical (unpaired) electrons. The minimum absolute atomic E-state index is 0.0466. The molecule has 3 aromatic rings. The van der Waals surface area contributed by atoms with Crippen LogP contribution in [-0.2, 0) is 13.6 Å². The van der Waals surface area contributed by atoms with Gasteiger partial charge in [0.05, 0.1) is 12.7 Å². The summed E-state index contributed by atoms with van der Waals surface area (Å²) < 4.78 is 20.9. The monoisotopic (exact) mass is 312 g/mol. The normalized spacial score (nSPS) is 10.7. The Labute approximate surface area is 133 Å². The van der Waals surface area contributed by atoms with Gasteiger partial charge in [0.15, 0.2) is 0 Å². The van der Waals surface area contributed by atoms with E-state index in [0.29, 0.717) is 6.54 Å². The Bertz CT molecular complexity index is 871. The van der Waals surface area contributed by atoms with Gasteiger partial charge in [-0.05, 0) is 35.9 Å². The summed E-state index contributed by atoms with van der Waals surface area (Å²) in [6.07, 6.45) is 1.95. The third-order valence-electron chi connectivity index (χ3n) is 3.84. The minimum Gasteiger partial charge on any atom is -0.497 e. The molecule has 0 spiro atoms. The second kappa shape index (κ2) is 6.12. The molecule has 0 aliphatic carbocycles. The van der Waals surface area contributed by atoms with Gasteiger partial charge in [0, 0.05) is 30.7 Å². The fraction of sp³-hybridized carbons (Fsp3) is 0.167. The summed E-state index contributed by atoms with van der Waals surface area (Å²) >= 11 is 0. The predicted octanol–water partition coefficient (Wildman–Crippen LogP) is 3.26. The SMILES string of the molecule is COc1ccc2c(c1)c(CNC(=O)c1ccccc1F)cn2C. The molecule has 0 aliphatic rings. The van der Waals surface area contributed by atoms with Crippen LogP contribution in [-0.4, -0.2) is 17.6 Å². The van der Waals surface area contributed by atoms with Crippen LogP contribution in [0.4, 0.5) is 4.39 Å². The van der Waals surface area contributed by atoms with Crippen molar-refractivity contribution < 1.29 is 13.9 Å². The number of rotatable bonds is 4. The topological polar surface area (TPSA) is 43.3 Å². The van der Waals surface area contributed by atoms with Crippen LogP contribution in [0.5, 0.6) is 5.75 Å². The van der Waals surface area contributed by atoms with Gasteiger partial charge in [-0.15, -0.1) is 0 Å². The molecule has 1 heterocycles. The van der Waals surface area contributed by atoms with E-state index in [4.69, 9.17) is 4.74 Å². The molecule has 0 bridgehead atoms. The number of hydrogen-bond donors (Lipinski definition) is 1. The van der Waals surface area contributed by atoms with Crippen molar-refractivity contribution >= 4 is 16.8 Å². The zero-order chi connectivity index (χ0) is 16.4. The molecule has 0 atom stereocenters. The Hall–Kier alpha value is -2.82. The third kappa shape index (κ3) is 2.90. The van der Waals surface area contributed by atoms with E-state index in [2.05, 4.69) is 5.32 Å². The lowest BCUT2D eigenvalue weighted by Gasteiger charge is -2.06. The van der Waals surface area contributed by atoms with E-state index < -0.39 is 11.7 Å². The molecule has 118 valence electrons. The van der Waals surface area contributed by atoms with Crippen LogP contribution >= 0.6 is 0 Å². The van der Waals surface area contributed by atoms with E-state index >= 15 is 0 Å². The first-order chi connectivity index (χ1) is 11.1. The van der Waals surface area contributed by atoms with E-state index in [9.17, 15) is 9.18 Å². The van der Waals surface area contributed by atoms with E-state index in [1.807, 2.05) is 36.0 Å². The van der Waals surface area contributed by atoms with Gasteiger partial charge in [-0.2, -0.15) is 0 Å². The molecule has 0 unspecified atom stereocenters. The number of fused-ring (bicyclic) bond motifs is 1. The van der Waals surface area contributed by atoms with Crippen molar-refractivity contribution in [3.8, 4) is 5.75 Å². The smallest absolute Gasteiger partial charge is 0.254 e. The Morgan fingerprint density at radius 2 is 2.04 bits per heavy atom. The third-order valence-corrected chi connectivity index (χ3v) is 3.84. The molecule has 1 amide bonds. The van der Waals surface area contributed by atoms with E-state index in [-0.39, 0.29) is 5.56 Å². The number of nitrogens with one attached hydrogen (secondary N) is 1. The van der Waals surface area contributed by atoms with Crippen LogP contribution < -0.4 is 10.1 Å². The van der Waals surface area contributed by atoms with Gasteiger partial charge in [-0.1, -0.05) is 12.1 Å². The summed E-state index contributed by atoms with van der Waals surface area (Å²) in [6, 6.07) is 11.7. The zero-order valence-electron chi connectivity index (χ0n) is 13.0. The Kier molecular flexibility index (Phi) is 4.02. The van der Waals surface area contributed by atoms with Gasteiger partial charge >= 0.3 is 0 Å². The van der Waals surface area contributed by atoms with Crippen molar-refractivity contribution in [3.05, 3.63) is 65.6 Å². The van der Waals surface area contributed by atoms with Gasteiger partial charge < -0.3 is 14.6 Å². The summed E-state index contributed by atoms with van der Waals surface area (Å²) in [5, 5.41) is 3.77. The highest BCUT2D eigenvalue weighted by Gasteiger charge is 2.12. The predicted molar refractivity (Wildman–Crippen MR) is 87.0 cm³/mol. The number of benzene rings is 2. The lowest BCUT2D eigenvalue weighted by Crippen LogP contribution is -2.23. The average molecular weight is 312 g/mol. The number of ether oxygens (including phenoxy) is 1. The van der Waals surface area contributed by atoms with Crippen LogP contribution in [0, 0.1) is 5.82 Å². The summed E-state index contributed by atoms with van der Waals surface area (Å²) in [5.41, 5.74) is 2.04. The Morgan fingerprint density at radius 1 is 1.26 bits per heavy atom. The number of nitrogens with zero attached hydrogens (tertiary/aromatic N) is 1. The van der Waals surface area contributed by atoms with E-state index in [1.165, 1.54) is 12.1 Å². The standard InChI is InChI=1S/C18H17FN2O2/c1-21-11-12(15-9-13(23-2)7-8-17(15)21)10-20-18(22)14-5-3-4-6-16(14)19/h3-9,11H,10H2,1-2H3,(H,20,22). The first-order valence-corrected chi connectivity index (χ1v) is 7.25. The highest BCUT2D eigenvalue weighted by atomic mass is 19.1. The second-order valence-corrected chi connectivity index (χ2v) is 5.31. The van der Waals surface area contributed by atoms with Gasteiger partial charge in [0.1, 0.15) is 11.6 Å². The fourth-order valence-electron chi connectivity index (χ4n) is 2.64. The molecular weight excluding hydrogens is 295 g/mol. The van der Waals surface area contributed by atoms with Crippen LogP contribution in [0.3, 0.4) is 0 Å². The number of aromatic nitrogens is 1. The van der Waals surface area contributed by atoms with Crippen LogP contribution in [0.2, 0.25) is 0 Å². The fourth-order valence-corrected chi connectivity index (χ4v) is 2.64. The maximum absolute atomic E-state index is 13.6. The van der Waals surface area contributed by atoms with Gasteiger partial charge in [0.25, 0.3) is 5.91 Å². The summed E-state index contributed by atoms with van der Waals surface area (Å²) in [7, 11) is 3.56. The van der Waals surface area contributed by atoms with E-state index in [1.54, 1.807) is 19.2 Å². The lowest BCUT2D eigenvalue weighted by molar-refractivity contribution is 0.0947. The maximum Gasteiger partial charge on any atom is 0.254 e. The van der Waals surface area contributed by atoms with Gasteiger partial charge in [0.2, 0.25) is 0 Å². The zero-order valence-corrected chi connectivity index (χ0v) is 13.0. The highest BCUT2D eigenvalue weighted by molar-refractivity contribution is 5.94. The first kappa shape index (κ1) is 15.1. The van der Waals surface area contributed by atoms with Crippen molar-refractivity contribution in [2.24, 2.45) is 7.05 Å². The molecule has 3 rings (SSSR count). The quantitative estimate of drug-likeness (QED) is 0.803. The molecule has 0 aliphatic heterocycles. The summed E-state index contributed by atoms with van der Waals surface area (Å²) in [6.45, 7) is 0.317. The van der Waals surface area contributed by atoms with Crippen LogP contribution in [0.15, 0.2) is 48.7 Å².